The molecule has 0 saturated carbocycles. The number of halogens is 2. The molecule has 1 aromatic heterocycles. The van der Waals surface area contributed by atoms with Crippen molar-refractivity contribution in [3.63, 3.8) is 0 Å². The lowest BCUT2D eigenvalue weighted by Crippen LogP contribution is -2.50. The Balaban J connectivity index is 1.95. The van der Waals surface area contributed by atoms with E-state index in [1.807, 2.05) is 7.05 Å². The molecule has 2 heterocycles. The molecule has 1 aliphatic heterocycles. The summed E-state index contributed by atoms with van der Waals surface area (Å²) >= 11 is 0. The van der Waals surface area contributed by atoms with Crippen molar-refractivity contribution in [2.24, 2.45) is 0 Å². The molecule has 1 aromatic carbocycles. The molecule has 1 fully saturated rings. The molecular formula is C18H25F2N5O. The van der Waals surface area contributed by atoms with Crippen LogP contribution < -0.4 is 5.32 Å². The van der Waals surface area contributed by atoms with Crippen LogP contribution in [0, 0.1) is 11.6 Å². The number of nitrogens with one attached hydrogen (secondary N) is 1. The van der Waals surface area contributed by atoms with E-state index in [-0.39, 0.29) is 18.2 Å². The predicted molar refractivity (Wildman–Crippen MR) is 93.5 cm³/mol. The Labute approximate surface area is 151 Å². The van der Waals surface area contributed by atoms with Crippen molar-refractivity contribution in [2.45, 2.75) is 37.5 Å². The van der Waals surface area contributed by atoms with E-state index in [1.165, 1.54) is 29.5 Å². The first-order valence-electron chi connectivity index (χ1n) is 8.85. The van der Waals surface area contributed by atoms with Crippen LogP contribution >= 0.6 is 0 Å². The molecular weight excluding hydrogens is 340 g/mol. The van der Waals surface area contributed by atoms with Crippen molar-refractivity contribution in [1.82, 2.24) is 25.0 Å². The summed E-state index contributed by atoms with van der Waals surface area (Å²) in [5, 5.41) is 19.0. The molecule has 0 aliphatic carbocycles. The first-order chi connectivity index (χ1) is 12.4. The third-order valence-electron chi connectivity index (χ3n) is 5.34. The highest BCUT2D eigenvalue weighted by Crippen LogP contribution is 2.36. The van der Waals surface area contributed by atoms with Crippen LogP contribution in [0.3, 0.4) is 0 Å². The molecule has 142 valence electrons. The van der Waals surface area contributed by atoms with Gasteiger partial charge >= 0.3 is 0 Å². The summed E-state index contributed by atoms with van der Waals surface area (Å²) in [6.45, 7) is 3.78. The van der Waals surface area contributed by atoms with E-state index in [1.54, 1.807) is 6.92 Å². The second-order valence-electron chi connectivity index (χ2n) is 7.00. The van der Waals surface area contributed by atoms with Crippen molar-refractivity contribution in [1.29, 1.82) is 0 Å². The Bertz CT molecular complexity index is 720. The van der Waals surface area contributed by atoms with E-state index in [9.17, 15) is 13.9 Å². The zero-order valence-electron chi connectivity index (χ0n) is 15.1. The maximum atomic E-state index is 14.6. The van der Waals surface area contributed by atoms with Crippen LogP contribution in [0.1, 0.15) is 31.4 Å². The molecule has 2 N–H and O–H groups in total. The minimum Gasteiger partial charge on any atom is -0.381 e. The summed E-state index contributed by atoms with van der Waals surface area (Å²) in [6, 6.07) is 2.98. The summed E-state index contributed by atoms with van der Waals surface area (Å²) in [6.07, 6.45) is 4.77. The fourth-order valence-corrected chi connectivity index (χ4v) is 3.68. The van der Waals surface area contributed by atoms with Gasteiger partial charge in [0.25, 0.3) is 0 Å². The van der Waals surface area contributed by atoms with Gasteiger partial charge in [-0.05, 0) is 46.0 Å². The fourth-order valence-electron chi connectivity index (χ4n) is 3.68. The summed E-state index contributed by atoms with van der Waals surface area (Å²) in [7, 11) is 1.93. The minimum absolute atomic E-state index is 0.0580. The van der Waals surface area contributed by atoms with E-state index >= 15 is 0 Å². The van der Waals surface area contributed by atoms with E-state index in [2.05, 4.69) is 20.3 Å². The quantitative estimate of drug-likeness (QED) is 0.816. The van der Waals surface area contributed by atoms with Gasteiger partial charge in [0.2, 0.25) is 0 Å². The van der Waals surface area contributed by atoms with Crippen LogP contribution in [0.25, 0.3) is 0 Å². The molecule has 1 aliphatic rings. The number of hydrogen-bond acceptors (Lipinski definition) is 5. The van der Waals surface area contributed by atoms with E-state index in [0.717, 1.165) is 32.0 Å². The van der Waals surface area contributed by atoms with Crippen LogP contribution in [0.2, 0.25) is 0 Å². The number of benzene rings is 1. The molecule has 0 bridgehead atoms. The molecule has 6 nitrogen and oxygen atoms in total. The molecule has 0 amide bonds. The molecule has 2 unspecified atom stereocenters. The average Bonchev–Trinajstić information content (AvgIpc) is 3.16. The molecule has 3 rings (SSSR count). The first-order valence-corrected chi connectivity index (χ1v) is 8.85. The van der Waals surface area contributed by atoms with Gasteiger partial charge in [0.1, 0.15) is 29.9 Å². The van der Waals surface area contributed by atoms with Gasteiger partial charge < -0.3 is 15.3 Å². The Morgan fingerprint density at radius 1 is 1.38 bits per heavy atom. The van der Waals surface area contributed by atoms with Crippen LogP contribution in [0.4, 0.5) is 8.78 Å². The number of rotatable bonds is 6. The molecule has 0 radical (unpaired) electrons. The van der Waals surface area contributed by atoms with Gasteiger partial charge in [0.15, 0.2) is 0 Å². The summed E-state index contributed by atoms with van der Waals surface area (Å²) in [5.74, 6) is -1.44. The molecule has 2 atom stereocenters. The van der Waals surface area contributed by atoms with Gasteiger partial charge in [-0.3, -0.25) is 0 Å². The van der Waals surface area contributed by atoms with Gasteiger partial charge in [-0.25, -0.2) is 18.4 Å². The van der Waals surface area contributed by atoms with Crippen LogP contribution in [-0.4, -0.2) is 57.5 Å². The maximum absolute atomic E-state index is 14.6. The van der Waals surface area contributed by atoms with Crippen molar-refractivity contribution in [2.75, 3.05) is 26.7 Å². The zero-order valence-corrected chi connectivity index (χ0v) is 15.1. The number of aromatic nitrogens is 3. The van der Waals surface area contributed by atoms with E-state index in [4.69, 9.17) is 0 Å². The number of likely N-dealkylation sites (N-methyl/N-ethyl adjacent to an activating group) is 1. The third-order valence-corrected chi connectivity index (χ3v) is 5.34. The van der Waals surface area contributed by atoms with Gasteiger partial charge in [-0.1, -0.05) is 6.07 Å². The van der Waals surface area contributed by atoms with Crippen LogP contribution in [0.5, 0.6) is 0 Å². The van der Waals surface area contributed by atoms with Gasteiger partial charge in [0.05, 0.1) is 6.04 Å². The normalized spacial score (nSPS) is 19.5. The molecule has 2 aromatic rings. The Morgan fingerprint density at radius 2 is 2.12 bits per heavy atom. The highest BCUT2D eigenvalue weighted by molar-refractivity contribution is 5.27. The SMILES string of the molecule is CC(n1cncn1)C(O)(CN(C)C1CCNCC1)c1ccc(F)cc1F. The molecule has 0 spiro atoms. The lowest BCUT2D eigenvalue weighted by atomic mass is 9.85. The molecule has 26 heavy (non-hydrogen) atoms. The number of nitrogens with zero attached hydrogens (tertiary/aromatic N) is 4. The standard InChI is InChI=1S/C18H25F2N5O/c1-13(25-12-22-11-23-25)18(26,16-4-3-14(19)9-17(16)20)10-24(2)15-5-7-21-8-6-15/h3-4,9,11-13,15,21,26H,5-8,10H2,1-2H3. The second kappa shape index (κ2) is 7.77. The molecule has 1 saturated heterocycles. The highest BCUT2D eigenvalue weighted by atomic mass is 19.1. The summed E-state index contributed by atoms with van der Waals surface area (Å²) < 4.78 is 29.5. The Hall–Kier alpha value is -1.90. The summed E-state index contributed by atoms with van der Waals surface area (Å²) in [5.41, 5.74) is -1.53. The van der Waals surface area contributed by atoms with Crippen molar-refractivity contribution in [3.8, 4) is 0 Å². The van der Waals surface area contributed by atoms with Crippen LogP contribution in [-0.2, 0) is 5.60 Å². The second-order valence-corrected chi connectivity index (χ2v) is 7.00. The van der Waals surface area contributed by atoms with Crippen molar-refractivity contribution < 1.29 is 13.9 Å². The smallest absolute Gasteiger partial charge is 0.137 e. The highest BCUT2D eigenvalue weighted by Gasteiger charge is 2.41. The maximum Gasteiger partial charge on any atom is 0.137 e. The Morgan fingerprint density at radius 3 is 2.73 bits per heavy atom. The number of piperidine rings is 1. The van der Waals surface area contributed by atoms with Gasteiger partial charge in [-0.15, -0.1) is 0 Å². The van der Waals surface area contributed by atoms with Crippen molar-refractivity contribution >= 4 is 0 Å². The topological polar surface area (TPSA) is 66.2 Å². The minimum atomic E-state index is -1.59. The average molecular weight is 365 g/mol. The van der Waals surface area contributed by atoms with E-state index < -0.39 is 23.3 Å². The monoisotopic (exact) mass is 365 g/mol. The van der Waals surface area contributed by atoms with Crippen LogP contribution in [0.15, 0.2) is 30.9 Å². The number of hydrogen-bond donors (Lipinski definition) is 2. The molecule has 8 heteroatoms. The number of aliphatic hydroxyl groups is 1. The van der Waals surface area contributed by atoms with E-state index in [0.29, 0.717) is 0 Å². The lowest BCUT2D eigenvalue weighted by Gasteiger charge is -2.41. The van der Waals surface area contributed by atoms with Crippen molar-refractivity contribution in [3.05, 3.63) is 48.1 Å². The Kier molecular flexibility index (Phi) is 5.64. The summed E-state index contributed by atoms with van der Waals surface area (Å²) in [4.78, 5) is 5.97. The fraction of sp³-hybridized carbons (Fsp3) is 0.556. The zero-order chi connectivity index (χ0) is 18.7. The van der Waals surface area contributed by atoms with Gasteiger partial charge in [0, 0.05) is 24.2 Å². The first kappa shape index (κ1) is 18.9. The largest absolute Gasteiger partial charge is 0.381 e. The lowest BCUT2D eigenvalue weighted by molar-refractivity contribution is -0.0517. The third kappa shape index (κ3) is 3.77. The predicted octanol–water partition coefficient (Wildman–Crippen LogP) is 1.69. The van der Waals surface area contributed by atoms with Gasteiger partial charge in [-0.2, -0.15) is 5.10 Å².